The topological polar surface area (TPSA) is 35.2 Å². The van der Waals surface area contributed by atoms with Crippen molar-refractivity contribution in [2.75, 3.05) is 19.4 Å². The molecule has 3 heteroatoms. The molecule has 0 radical (unpaired) electrons. The van der Waals surface area contributed by atoms with Crippen molar-refractivity contribution in [2.45, 2.75) is 11.8 Å². The van der Waals surface area contributed by atoms with Gasteiger partial charge in [-0.1, -0.05) is 19.1 Å². The Kier molecular flexibility index (Phi) is 4.84. The maximum Gasteiger partial charge on any atom is 0.132 e. The maximum atomic E-state index is 5.56. The normalized spacial score (nSPS) is 12.5. The molecule has 1 aromatic carbocycles. The molecule has 2 N–H and O–H groups in total. The Bertz CT molecular complexity index is 278. The van der Waals surface area contributed by atoms with Crippen LogP contribution in [0.5, 0.6) is 5.75 Å². The van der Waals surface area contributed by atoms with Crippen LogP contribution in [0.4, 0.5) is 0 Å². The van der Waals surface area contributed by atoms with Crippen LogP contribution in [0, 0.1) is 5.92 Å². The SMILES string of the molecule is COc1ccccc1SC[C@@H](C)CN. The second-order valence-electron chi connectivity index (χ2n) is 3.30. The zero-order chi connectivity index (χ0) is 10.4. The number of hydrogen-bond donors (Lipinski definition) is 1. The number of rotatable bonds is 5. The number of thioether (sulfide) groups is 1. The van der Waals surface area contributed by atoms with Gasteiger partial charge in [0.15, 0.2) is 0 Å². The highest BCUT2D eigenvalue weighted by Crippen LogP contribution is 2.29. The molecule has 1 atom stereocenters. The number of ether oxygens (including phenoxy) is 1. The van der Waals surface area contributed by atoms with E-state index in [2.05, 4.69) is 13.0 Å². The van der Waals surface area contributed by atoms with Crippen molar-refractivity contribution < 1.29 is 4.74 Å². The highest BCUT2D eigenvalue weighted by molar-refractivity contribution is 7.99. The fraction of sp³-hybridized carbons (Fsp3) is 0.455. The second kappa shape index (κ2) is 5.94. The molecule has 1 aromatic rings. The molecule has 0 saturated carbocycles. The first-order valence-corrected chi connectivity index (χ1v) is 5.72. The van der Waals surface area contributed by atoms with Gasteiger partial charge < -0.3 is 10.5 Å². The summed E-state index contributed by atoms with van der Waals surface area (Å²) < 4.78 is 5.26. The molecule has 0 aliphatic heterocycles. The quantitative estimate of drug-likeness (QED) is 0.759. The smallest absolute Gasteiger partial charge is 0.132 e. The molecule has 0 aromatic heterocycles. The molecule has 0 spiro atoms. The molecular weight excluding hydrogens is 194 g/mol. The minimum atomic E-state index is 0.546. The van der Waals surface area contributed by atoms with E-state index in [9.17, 15) is 0 Å². The second-order valence-corrected chi connectivity index (χ2v) is 4.36. The summed E-state index contributed by atoms with van der Waals surface area (Å²) in [7, 11) is 1.70. The Balaban J connectivity index is 2.57. The van der Waals surface area contributed by atoms with E-state index in [-0.39, 0.29) is 0 Å². The third kappa shape index (κ3) is 3.24. The summed E-state index contributed by atoms with van der Waals surface area (Å²) >= 11 is 1.80. The molecule has 14 heavy (non-hydrogen) atoms. The number of nitrogens with two attached hydrogens (primary N) is 1. The standard InChI is InChI=1S/C11H17NOS/c1-9(7-12)8-14-11-6-4-3-5-10(11)13-2/h3-6,9H,7-8,12H2,1-2H3/t9-/m0/s1. The summed E-state index contributed by atoms with van der Waals surface area (Å²) in [6.45, 7) is 2.89. The maximum absolute atomic E-state index is 5.56. The van der Waals surface area contributed by atoms with E-state index in [4.69, 9.17) is 10.5 Å². The Morgan fingerprint density at radius 1 is 1.43 bits per heavy atom. The lowest BCUT2D eigenvalue weighted by Crippen LogP contribution is -2.12. The Hall–Kier alpha value is -0.670. The van der Waals surface area contributed by atoms with E-state index in [0.717, 1.165) is 18.0 Å². The zero-order valence-electron chi connectivity index (χ0n) is 8.69. The van der Waals surface area contributed by atoms with Crippen molar-refractivity contribution in [2.24, 2.45) is 11.7 Å². The van der Waals surface area contributed by atoms with Crippen LogP contribution >= 0.6 is 11.8 Å². The molecule has 0 heterocycles. The lowest BCUT2D eigenvalue weighted by Gasteiger charge is -2.10. The van der Waals surface area contributed by atoms with Crippen LogP contribution in [0.25, 0.3) is 0 Å². The lowest BCUT2D eigenvalue weighted by atomic mass is 10.2. The van der Waals surface area contributed by atoms with Crippen molar-refractivity contribution in [3.05, 3.63) is 24.3 Å². The molecule has 0 aliphatic carbocycles. The van der Waals surface area contributed by atoms with Crippen LogP contribution in [0.1, 0.15) is 6.92 Å². The monoisotopic (exact) mass is 211 g/mol. The van der Waals surface area contributed by atoms with E-state index in [1.807, 2.05) is 18.2 Å². The molecule has 0 aliphatic rings. The van der Waals surface area contributed by atoms with Crippen molar-refractivity contribution in [3.63, 3.8) is 0 Å². The van der Waals surface area contributed by atoms with Gasteiger partial charge in [-0.2, -0.15) is 0 Å². The first kappa shape index (κ1) is 11.4. The first-order chi connectivity index (χ1) is 6.77. The van der Waals surface area contributed by atoms with Gasteiger partial charge in [0, 0.05) is 10.6 Å². The van der Waals surface area contributed by atoms with Crippen LogP contribution in [0.2, 0.25) is 0 Å². The Morgan fingerprint density at radius 2 is 2.14 bits per heavy atom. The predicted molar refractivity (Wildman–Crippen MR) is 61.9 cm³/mol. The van der Waals surface area contributed by atoms with Gasteiger partial charge in [-0.3, -0.25) is 0 Å². The number of para-hydroxylation sites is 1. The van der Waals surface area contributed by atoms with Crippen molar-refractivity contribution >= 4 is 11.8 Å². The molecule has 1 rings (SSSR count). The average molecular weight is 211 g/mol. The fourth-order valence-corrected chi connectivity index (χ4v) is 2.11. The summed E-state index contributed by atoms with van der Waals surface area (Å²) in [6, 6.07) is 8.06. The fourth-order valence-electron chi connectivity index (χ4n) is 1.04. The van der Waals surface area contributed by atoms with Gasteiger partial charge in [0.25, 0.3) is 0 Å². The summed E-state index contributed by atoms with van der Waals surface area (Å²) in [5, 5.41) is 0. The molecular formula is C11H17NOS. The van der Waals surface area contributed by atoms with E-state index in [0.29, 0.717) is 5.92 Å². The number of hydrogen-bond acceptors (Lipinski definition) is 3. The van der Waals surface area contributed by atoms with E-state index >= 15 is 0 Å². The van der Waals surface area contributed by atoms with Crippen molar-refractivity contribution in [1.82, 2.24) is 0 Å². The van der Waals surface area contributed by atoms with Gasteiger partial charge in [-0.25, -0.2) is 0 Å². The van der Waals surface area contributed by atoms with E-state index < -0.39 is 0 Å². The van der Waals surface area contributed by atoms with E-state index in [1.54, 1.807) is 18.9 Å². The van der Waals surface area contributed by atoms with Crippen LogP contribution in [-0.4, -0.2) is 19.4 Å². The Labute approximate surface area is 89.8 Å². The molecule has 0 amide bonds. The van der Waals surface area contributed by atoms with Gasteiger partial charge in [-0.05, 0) is 24.6 Å². The van der Waals surface area contributed by atoms with Crippen molar-refractivity contribution in [1.29, 1.82) is 0 Å². The molecule has 78 valence electrons. The molecule has 2 nitrogen and oxygen atoms in total. The van der Waals surface area contributed by atoms with Gasteiger partial charge in [0.2, 0.25) is 0 Å². The number of methoxy groups -OCH3 is 1. The summed E-state index contributed by atoms with van der Waals surface area (Å²) in [5.41, 5.74) is 5.56. The van der Waals surface area contributed by atoms with Gasteiger partial charge >= 0.3 is 0 Å². The van der Waals surface area contributed by atoms with Crippen molar-refractivity contribution in [3.8, 4) is 5.75 Å². The minimum Gasteiger partial charge on any atom is -0.496 e. The predicted octanol–water partition coefficient (Wildman–Crippen LogP) is 2.38. The highest BCUT2D eigenvalue weighted by Gasteiger charge is 2.04. The van der Waals surface area contributed by atoms with Crippen LogP contribution in [0.3, 0.4) is 0 Å². The first-order valence-electron chi connectivity index (χ1n) is 4.73. The number of benzene rings is 1. The molecule has 0 unspecified atom stereocenters. The van der Waals surface area contributed by atoms with Crippen LogP contribution < -0.4 is 10.5 Å². The average Bonchev–Trinajstić information content (AvgIpc) is 2.26. The van der Waals surface area contributed by atoms with Gasteiger partial charge in [0.1, 0.15) is 5.75 Å². The van der Waals surface area contributed by atoms with Gasteiger partial charge in [0.05, 0.1) is 7.11 Å². The summed E-state index contributed by atoms with van der Waals surface area (Å²) in [6.07, 6.45) is 0. The van der Waals surface area contributed by atoms with Crippen LogP contribution in [-0.2, 0) is 0 Å². The molecule has 0 fully saturated rings. The summed E-state index contributed by atoms with van der Waals surface area (Å²) in [4.78, 5) is 1.19. The minimum absolute atomic E-state index is 0.546. The Morgan fingerprint density at radius 3 is 2.79 bits per heavy atom. The highest BCUT2D eigenvalue weighted by atomic mass is 32.2. The third-order valence-corrected chi connectivity index (χ3v) is 3.38. The third-order valence-electron chi connectivity index (χ3n) is 1.99. The summed E-state index contributed by atoms with van der Waals surface area (Å²) in [5.74, 6) is 2.53. The largest absolute Gasteiger partial charge is 0.496 e. The van der Waals surface area contributed by atoms with E-state index in [1.165, 1.54) is 4.90 Å². The zero-order valence-corrected chi connectivity index (χ0v) is 9.51. The lowest BCUT2D eigenvalue weighted by molar-refractivity contribution is 0.405. The van der Waals surface area contributed by atoms with Gasteiger partial charge in [-0.15, -0.1) is 11.8 Å². The van der Waals surface area contributed by atoms with Crippen LogP contribution in [0.15, 0.2) is 29.2 Å². The molecule has 0 saturated heterocycles. The molecule has 0 bridgehead atoms.